The van der Waals surface area contributed by atoms with Gasteiger partial charge in [0, 0.05) is 5.56 Å². The largest absolute Gasteiger partial charge is 0.458 e. The zero-order valence-electron chi connectivity index (χ0n) is 13.1. The predicted molar refractivity (Wildman–Crippen MR) is 87.5 cm³/mol. The number of nitrogens with one attached hydrogen (secondary N) is 1. The molecule has 0 spiro atoms. The second-order valence-corrected chi connectivity index (χ2v) is 5.72. The zero-order valence-corrected chi connectivity index (χ0v) is 13.1. The molecule has 1 amide bonds. The first-order valence-electron chi connectivity index (χ1n) is 7.73. The van der Waals surface area contributed by atoms with E-state index in [0.29, 0.717) is 11.1 Å². The van der Waals surface area contributed by atoms with Crippen LogP contribution in [0.25, 0.3) is 0 Å². The Morgan fingerprint density at radius 2 is 1.50 bits per heavy atom. The first kappa shape index (κ1) is 15.9. The van der Waals surface area contributed by atoms with Crippen molar-refractivity contribution >= 4 is 17.7 Å². The second-order valence-electron chi connectivity index (χ2n) is 5.72. The van der Waals surface area contributed by atoms with Crippen LogP contribution in [-0.2, 0) is 9.53 Å². The minimum Gasteiger partial charge on any atom is -0.458 e. The number of β-lactam (4-membered cyclic amide) rings is 1. The number of rotatable bonds is 5. The molecule has 2 aromatic rings. The molecule has 1 saturated heterocycles. The van der Waals surface area contributed by atoms with E-state index < -0.39 is 24.0 Å². The van der Waals surface area contributed by atoms with Gasteiger partial charge in [0.2, 0.25) is 5.91 Å². The van der Waals surface area contributed by atoms with Crippen LogP contribution >= 0.6 is 0 Å². The summed E-state index contributed by atoms with van der Waals surface area (Å²) in [4.78, 5) is 36.5. The standard InChI is InChI=1S/C19H17NO4/c1-12(24-19(23)14-10-6-3-7-11-14)15-16(20-18(15)22)17(21)13-8-4-2-5-9-13/h2-12,15-16H,1H3,(H,20,22)/t12?,15-,16+/m0/s1. The van der Waals surface area contributed by atoms with Crippen molar-refractivity contribution in [1.29, 1.82) is 0 Å². The van der Waals surface area contributed by atoms with E-state index in [-0.39, 0.29) is 11.7 Å². The van der Waals surface area contributed by atoms with Crippen molar-refractivity contribution in [2.45, 2.75) is 19.1 Å². The molecular weight excluding hydrogens is 306 g/mol. The van der Waals surface area contributed by atoms with Gasteiger partial charge in [-0.3, -0.25) is 9.59 Å². The summed E-state index contributed by atoms with van der Waals surface area (Å²) >= 11 is 0. The lowest BCUT2D eigenvalue weighted by molar-refractivity contribution is -0.138. The third-order valence-electron chi connectivity index (χ3n) is 4.11. The van der Waals surface area contributed by atoms with Gasteiger partial charge in [-0.15, -0.1) is 0 Å². The Kier molecular flexibility index (Phi) is 4.42. The monoisotopic (exact) mass is 323 g/mol. The van der Waals surface area contributed by atoms with E-state index in [1.165, 1.54) is 0 Å². The van der Waals surface area contributed by atoms with Gasteiger partial charge in [-0.05, 0) is 19.1 Å². The average Bonchev–Trinajstić information content (AvgIpc) is 2.60. The summed E-state index contributed by atoms with van der Waals surface area (Å²) < 4.78 is 5.38. The van der Waals surface area contributed by atoms with Crippen molar-refractivity contribution in [3.8, 4) is 0 Å². The molecule has 0 aromatic heterocycles. The Morgan fingerprint density at radius 3 is 2.04 bits per heavy atom. The Bertz CT molecular complexity index is 757. The predicted octanol–water partition coefficient (Wildman–Crippen LogP) is 2.23. The molecule has 0 radical (unpaired) electrons. The fourth-order valence-electron chi connectivity index (χ4n) is 2.77. The van der Waals surface area contributed by atoms with Crippen LogP contribution < -0.4 is 5.32 Å². The van der Waals surface area contributed by atoms with E-state index in [0.717, 1.165) is 0 Å². The molecule has 2 aromatic carbocycles. The number of carbonyl (C=O) groups is 3. The molecule has 1 N–H and O–H groups in total. The molecule has 0 aliphatic carbocycles. The van der Waals surface area contributed by atoms with Gasteiger partial charge < -0.3 is 10.1 Å². The van der Waals surface area contributed by atoms with Gasteiger partial charge in [0.05, 0.1) is 5.56 Å². The average molecular weight is 323 g/mol. The van der Waals surface area contributed by atoms with Crippen LogP contribution in [-0.4, -0.2) is 29.8 Å². The summed E-state index contributed by atoms with van der Waals surface area (Å²) in [7, 11) is 0. The maximum atomic E-state index is 12.5. The highest BCUT2D eigenvalue weighted by Gasteiger charge is 2.48. The van der Waals surface area contributed by atoms with Crippen molar-refractivity contribution in [2.24, 2.45) is 5.92 Å². The first-order chi connectivity index (χ1) is 11.6. The van der Waals surface area contributed by atoms with Crippen molar-refractivity contribution in [2.75, 3.05) is 0 Å². The van der Waals surface area contributed by atoms with Gasteiger partial charge in [-0.1, -0.05) is 48.5 Å². The molecule has 1 heterocycles. The van der Waals surface area contributed by atoms with Crippen molar-refractivity contribution in [1.82, 2.24) is 5.32 Å². The Labute approximate surface area is 139 Å². The normalized spacial score (nSPS) is 20.5. The lowest BCUT2D eigenvalue weighted by Crippen LogP contribution is -2.65. The van der Waals surface area contributed by atoms with Crippen LogP contribution in [0.2, 0.25) is 0 Å². The third-order valence-corrected chi connectivity index (χ3v) is 4.11. The van der Waals surface area contributed by atoms with Gasteiger partial charge in [-0.25, -0.2) is 4.79 Å². The van der Waals surface area contributed by atoms with E-state index in [2.05, 4.69) is 5.32 Å². The van der Waals surface area contributed by atoms with Crippen molar-refractivity contribution in [3.63, 3.8) is 0 Å². The van der Waals surface area contributed by atoms with E-state index in [4.69, 9.17) is 4.74 Å². The van der Waals surface area contributed by atoms with Crippen molar-refractivity contribution < 1.29 is 19.1 Å². The number of hydrogen-bond acceptors (Lipinski definition) is 4. The summed E-state index contributed by atoms with van der Waals surface area (Å²) in [6.45, 7) is 1.63. The van der Waals surface area contributed by atoms with Crippen LogP contribution in [0, 0.1) is 5.92 Å². The molecule has 3 rings (SSSR count). The summed E-state index contributed by atoms with van der Waals surface area (Å²) in [5.74, 6) is -1.64. The van der Waals surface area contributed by atoms with Crippen LogP contribution in [0.4, 0.5) is 0 Å². The summed E-state index contributed by atoms with van der Waals surface area (Å²) in [5.41, 5.74) is 0.934. The van der Waals surface area contributed by atoms with Crippen LogP contribution in [0.3, 0.4) is 0 Å². The lowest BCUT2D eigenvalue weighted by Gasteiger charge is -2.38. The quantitative estimate of drug-likeness (QED) is 0.520. The minimum atomic E-state index is -0.691. The molecule has 0 saturated carbocycles. The molecule has 24 heavy (non-hydrogen) atoms. The number of esters is 1. The number of carbonyl (C=O) groups excluding carboxylic acids is 3. The molecule has 1 fully saturated rings. The Morgan fingerprint density at radius 1 is 0.958 bits per heavy atom. The van der Waals surface area contributed by atoms with E-state index in [1.54, 1.807) is 61.5 Å². The van der Waals surface area contributed by atoms with Crippen LogP contribution in [0.15, 0.2) is 60.7 Å². The number of Topliss-reactive ketones (excluding diaryl/α,β-unsaturated/α-hetero) is 1. The SMILES string of the molecule is CC(OC(=O)c1ccccc1)[C@@H]1C(=O)N[C@H]1C(=O)c1ccccc1. The molecule has 5 heteroatoms. The molecule has 1 aliphatic rings. The number of ketones is 1. The number of ether oxygens (including phenoxy) is 1. The molecular formula is C19H17NO4. The third kappa shape index (κ3) is 3.06. The summed E-state index contributed by atoms with van der Waals surface area (Å²) in [6, 6.07) is 16.6. The highest BCUT2D eigenvalue weighted by atomic mass is 16.5. The summed E-state index contributed by atoms with van der Waals surface area (Å²) in [5, 5.41) is 2.61. The first-order valence-corrected chi connectivity index (χ1v) is 7.73. The molecule has 1 aliphatic heterocycles. The van der Waals surface area contributed by atoms with Crippen LogP contribution in [0.1, 0.15) is 27.6 Å². The van der Waals surface area contributed by atoms with E-state index in [9.17, 15) is 14.4 Å². The maximum Gasteiger partial charge on any atom is 0.338 e. The topological polar surface area (TPSA) is 72.5 Å². The number of amides is 1. The maximum absolute atomic E-state index is 12.5. The Balaban J connectivity index is 1.69. The van der Waals surface area contributed by atoms with E-state index in [1.807, 2.05) is 6.07 Å². The Hall–Kier alpha value is -2.95. The highest BCUT2D eigenvalue weighted by molar-refractivity contribution is 6.08. The van der Waals surface area contributed by atoms with Gasteiger partial charge in [0.15, 0.2) is 5.78 Å². The fraction of sp³-hybridized carbons (Fsp3) is 0.211. The minimum absolute atomic E-state index is 0.178. The van der Waals surface area contributed by atoms with Gasteiger partial charge >= 0.3 is 5.97 Å². The second kappa shape index (κ2) is 6.66. The molecule has 3 atom stereocenters. The molecule has 5 nitrogen and oxygen atoms in total. The van der Waals surface area contributed by atoms with Gasteiger partial charge in [-0.2, -0.15) is 0 Å². The summed E-state index contributed by atoms with van der Waals surface area (Å²) in [6.07, 6.45) is -0.691. The van der Waals surface area contributed by atoms with Crippen molar-refractivity contribution in [3.05, 3.63) is 71.8 Å². The van der Waals surface area contributed by atoms with Crippen LogP contribution in [0.5, 0.6) is 0 Å². The van der Waals surface area contributed by atoms with Gasteiger partial charge in [0.25, 0.3) is 0 Å². The molecule has 0 bridgehead atoms. The molecule has 122 valence electrons. The fourth-order valence-corrected chi connectivity index (χ4v) is 2.77. The van der Waals surface area contributed by atoms with Gasteiger partial charge in [0.1, 0.15) is 18.1 Å². The lowest BCUT2D eigenvalue weighted by atomic mass is 9.81. The number of hydrogen-bond donors (Lipinski definition) is 1. The van der Waals surface area contributed by atoms with E-state index >= 15 is 0 Å². The number of benzene rings is 2. The highest BCUT2D eigenvalue weighted by Crippen LogP contribution is 2.25. The zero-order chi connectivity index (χ0) is 17.1. The molecule has 1 unspecified atom stereocenters. The smallest absolute Gasteiger partial charge is 0.338 e.